The molecule has 9 heteroatoms. The molecular formula is C63H115NO8. The minimum Gasteiger partial charge on any atom is -0.394 e. The predicted octanol–water partition coefficient (Wildman–Crippen LogP) is 15.5. The smallest absolute Gasteiger partial charge is 0.220 e. The van der Waals surface area contributed by atoms with Gasteiger partial charge in [0.25, 0.3) is 0 Å². The van der Waals surface area contributed by atoms with Crippen molar-refractivity contribution in [3.05, 3.63) is 60.8 Å². The van der Waals surface area contributed by atoms with Crippen LogP contribution in [0.2, 0.25) is 0 Å². The van der Waals surface area contributed by atoms with E-state index in [4.69, 9.17) is 9.47 Å². The molecule has 9 nitrogen and oxygen atoms in total. The first kappa shape index (κ1) is 67.9. The molecule has 0 bridgehead atoms. The lowest BCUT2D eigenvalue weighted by Crippen LogP contribution is -2.60. The van der Waals surface area contributed by atoms with Crippen LogP contribution in [0.4, 0.5) is 0 Å². The minimum atomic E-state index is -1.55. The summed E-state index contributed by atoms with van der Waals surface area (Å²) in [5, 5.41) is 54.3. The van der Waals surface area contributed by atoms with E-state index in [1.807, 2.05) is 0 Å². The number of rotatable bonds is 52. The Bertz CT molecular complexity index is 1310. The van der Waals surface area contributed by atoms with Crippen molar-refractivity contribution < 1.29 is 39.8 Å². The normalized spacial score (nSPS) is 19.6. The molecule has 1 aliphatic heterocycles. The number of unbranched alkanes of at least 4 members (excludes halogenated alkanes) is 32. The van der Waals surface area contributed by atoms with E-state index in [0.29, 0.717) is 12.8 Å². The molecule has 7 atom stereocenters. The lowest BCUT2D eigenvalue weighted by molar-refractivity contribution is -0.302. The van der Waals surface area contributed by atoms with Gasteiger partial charge in [0.15, 0.2) is 6.29 Å². The van der Waals surface area contributed by atoms with Gasteiger partial charge in [-0.2, -0.15) is 0 Å². The molecular weight excluding hydrogens is 899 g/mol. The highest BCUT2D eigenvalue weighted by molar-refractivity contribution is 5.76. The Kier molecular flexibility index (Phi) is 49.4. The summed E-state index contributed by atoms with van der Waals surface area (Å²) in [6, 6.07) is -0.715. The number of nitrogens with one attached hydrogen (secondary N) is 1. The molecule has 6 N–H and O–H groups in total. The zero-order valence-corrected chi connectivity index (χ0v) is 46.7. The number of aliphatic hydroxyl groups excluding tert-OH is 5. The van der Waals surface area contributed by atoms with Gasteiger partial charge in [0, 0.05) is 6.42 Å². The van der Waals surface area contributed by atoms with Crippen molar-refractivity contribution in [1.29, 1.82) is 0 Å². The first-order chi connectivity index (χ1) is 35.3. The summed E-state index contributed by atoms with van der Waals surface area (Å²) < 4.78 is 11.3. The molecule has 1 heterocycles. The number of ether oxygens (including phenoxy) is 2. The number of amides is 1. The zero-order valence-electron chi connectivity index (χ0n) is 46.7. The summed E-state index contributed by atoms with van der Waals surface area (Å²) in [6.45, 7) is 3.69. The van der Waals surface area contributed by atoms with Crippen molar-refractivity contribution in [2.45, 2.75) is 320 Å². The van der Waals surface area contributed by atoms with Crippen molar-refractivity contribution in [3.8, 4) is 0 Å². The molecule has 0 aromatic carbocycles. The second kappa shape index (κ2) is 52.3. The highest BCUT2D eigenvalue weighted by atomic mass is 16.7. The van der Waals surface area contributed by atoms with Gasteiger partial charge >= 0.3 is 0 Å². The van der Waals surface area contributed by atoms with Crippen LogP contribution in [0.25, 0.3) is 0 Å². The number of carbonyl (C=O) groups is 1. The third-order valence-electron chi connectivity index (χ3n) is 14.4. The topological polar surface area (TPSA) is 149 Å². The van der Waals surface area contributed by atoms with E-state index in [1.54, 1.807) is 0 Å². The van der Waals surface area contributed by atoms with Crippen LogP contribution in [0.1, 0.15) is 277 Å². The first-order valence-corrected chi connectivity index (χ1v) is 30.5. The van der Waals surface area contributed by atoms with Gasteiger partial charge in [0.05, 0.1) is 25.4 Å². The van der Waals surface area contributed by atoms with Gasteiger partial charge in [-0.3, -0.25) is 4.79 Å². The van der Waals surface area contributed by atoms with Gasteiger partial charge in [-0.05, 0) is 57.8 Å². The molecule has 1 fully saturated rings. The third-order valence-corrected chi connectivity index (χ3v) is 14.4. The fourth-order valence-electron chi connectivity index (χ4n) is 9.60. The molecule has 0 aromatic heterocycles. The molecule has 0 aromatic rings. The molecule has 0 radical (unpaired) electrons. The fourth-order valence-corrected chi connectivity index (χ4v) is 9.60. The van der Waals surface area contributed by atoms with Crippen molar-refractivity contribution in [1.82, 2.24) is 5.32 Å². The van der Waals surface area contributed by atoms with Crippen molar-refractivity contribution in [2.75, 3.05) is 13.2 Å². The van der Waals surface area contributed by atoms with Crippen LogP contribution in [-0.2, 0) is 14.3 Å². The van der Waals surface area contributed by atoms with Crippen LogP contribution in [-0.4, -0.2) is 87.5 Å². The summed E-state index contributed by atoms with van der Waals surface area (Å²) in [7, 11) is 0. The number of hydrogen-bond acceptors (Lipinski definition) is 8. The van der Waals surface area contributed by atoms with Crippen LogP contribution >= 0.6 is 0 Å². The van der Waals surface area contributed by atoms with E-state index in [-0.39, 0.29) is 12.5 Å². The molecule has 1 rings (SSSR count). The van der Waals surface area contributed by atoms with Crippen molar-refractivity contribution in [2.24, 2.45) is 0 Å². The second-order valence-corrected chi connectivity index (χ2v) is 21.1. The van der Waals surface area contributed by atoms with E-state index in [9.17, 15) is 30.3 Å². The maximum Gasteiger partial charge on any atom is 0.220 e. The lowest BCUT2D eigenvalue weighted by Gasteiger charge is -2.40. The predicted molar refractivity (Wildman–Crippen MR) is 304 cm³/mol. The van der Waals surface area contributed by atoms with Gasteiger partial charge in [-0.1, -0.05) is 274 Å². The number of allylic oxidation sites excluding steroid dienone is 10. The highest BCUT2D eigenvalue weighted by Gasteiger charge is 2.44. The molecule has 1 amide bonds. The monoisotopic (exact) mass is 1010 g/mol. The maximum atomic E-state index is 13.0. The highest BCUT2D eigenvalue weighted by Crippen LogP contribution is 2.23. The molecule has 1 aliphatic rings. The standard InChI is InChI=1S/C63H115NO8/c1-3-5-7-9-11-13-14-15-16-17-18-19-20-21-22-23-24-25-26-27-28-29-30-31-32-33-34-35-36-37-38-39-40-41-42-43-44-45-47-49-51-53-59(67)64-56(57(66)52-50-48-46-12-10-8-6-4-2)55-71-63-62(70)61(69)60(68)58(54-65)72-63/h5,7,11,13,15-16,18-19,21-22,56-58,60-63,65-66,68-70H,3-4,6,8-10,12,14,17,20,23-55H2,1-2H3,(H,64,67)/b7-5-,13-11-,16-15-,19-18-,22-21-. The zero-order chi connectivity index (χ0) is 52.2. The summed E-state index contributed by atoms with van der Waals surface area (Å²) in [6.07, 6.45) is 64.6. The lowest BCUT2D eigenvalue weighted by atomic mass is 9.99. The molecule has 7 unspecified atom stereocenters. The van der Waals surface area contributed by atoms with E-state index in [2.05, 4.69) is 79.9 Å². The molecule has 420 valence electrons. The number of hydrogen-bond donors (Lipinski definition) is 6. The Balaban J connectivity index is 1.96. The summed E-state index contributed by atoms with van der Waals surface area (Å²) in [5.41, 5.74) is 0. The SMILES string of the molecule is CC/C=C\C/C=C\C/C=C\C/C=C\C/C=C\CCCCCCCCCCCCCCCCCCCCCCCCCCCC(=O)NC(COC1OC(CO)C(O)C(O)C1O)C(O)CCCCCCCCCC. The first-order valence-electron chi connectivity index (χ1n) is 30.5. The van der Waals surface area contributed by atoms with Crippen LogP contribution in [0.5, 0.6) is 0 Å². The van der Waals surface area contributed by atoms with Crippen molar-refractivity contribution in [3.63, 3.8) is 0 Å². The van der Waals surface area contributed by atoms with Crippen LogP contribution in [0.15, 0.2) is 60.8 Å². The van der Waals surface area contributed by atoms with Crippen molar-refractivity contribution >= 4 is 5.91 Å². The fraction of sp³-hybridized carbons (Fsp3) is 0.825. The molecule has 0 aliphatic carbocycles. The Morgan fingerprint density at radius 2 is 0.861 bits per heavy atom. The van der Waals surface area contributed by atoms with Crippen LogP contribution < -0.4 is 5.32 Å². The van der Waals surface area contributed by atoms with Crippen LogP contribution in [0, 0.1) is 0 Å². The Morgan fingerprint density at radius 1 is 0.486 bits per heavy atom. The Morgan fingerprint density at radius 3 is 1.28 bits per heavy atom. The molecule has 0 spiro atoms. The third kappa shape index (κ3) is 41.2. The summed E-state index contributed by atoms with van der Waals surface area (Å²) >= 11 is 0. The molecule has 72 heavy (non-hydrogen) atoms. The van der Waals surface area contributed by atoms with E-state index >= 15 is 0 Å². The second-order valence-electron chi connectivity index (χ2n) is 21.1. The van der Waals surface area contributed by atoms with Gasteiger partial charge < -0.3 is 40.3 Å². The molecule has 0 saturated carbocycles. The number of aliphatic hydroxyl groups is 5. The van der Waals surface area contributed by atoms with E-state index < -0.39 is 49.5 Å². The van der Waals surface area contributed by atoms with Gasteiger partial charge in [0.2, 0.25) is 5.91 Å². The largest absolute Gasteiger partial charge is 0.394 e. The van der Waals surface area contributed by atoms with Gasteiger partial charge in [-0.25, -0.2) is 0 Å². The van der Waals surface area contributed by atoms with Gasteiger partial charge in [0.1, 0.15) is 24.4 Å². The summed E-state index contributed by atoms with van der Waals surface area (Å²) in [4.78, 5) is 13.0. The quantitative estimate of drug-likeness (QED) is 0.0261. The summed E-state index contributed by atoms with van der Waals surface area (Å²) in [5.74, 6) is -0.144. The number of carbonyl (C=O) groups excluding carboxylic acids is 1. The minimum absolute atomic E-state index is 0.136. The Labute approximate surface area is 443 Å². The van der Waals surface area contributed by atoms with E-state index in [0.717, 1.165) is 70.6 Å². The maximum absolute atomic E-state index is 13.0. The average molecular weight is 1010 g/mol. The van der Waals surface area contributed by atoms with E-state index in [1.165, 1.54) is 180 Å². The van der Waals surface area contributed by atoms with Crippen LogP contribution in [0.3, 0.4) is 0 Å². The Hall–Kier alpha value is -2.11. The molecule has 1 saturated heterocycles. The van der Waals surface area contributed by atoms with Gasteiger partial charge in [-0.15, -0.1) is 0 Å². The average Bonchev–Trinajstić information content (AvgIpc) is 3.38.